The summed E-state index contributed by atoms with van der Waals surface area (Å²) in [5.74, 6) is 0.303. The molecule has 0 atom stereocenters. The number of phenolic OH excluding ortho intramolecular Hbond substituents is 1. The lowest BCUT2D eigenvalue weighted by Gasteiger charge is -2.17. The molecule has 1 aliphatic heterocycles. The number of carbonyl (C=O) groups excluding carboxylic acids is 1. The molecule has 1 saturated heterocycles. The van der Waals surface area contributed by atoms with E-state index in [2.05, 4.69) is 0 Å². The van der Waals surface area contributed by atoms with Crippen molar-refractivity contribution in [2.45, 2.75) is 6.92 Å². The number of hydrogen-bond acceptors (Lipinski definition) is 6. The highest BCUT2D eigenvalue weighted by molar-refractivity contribution is 8.27. The Morgan fingerprint density at radius 1 is 1.22 bits per heavy atom. The highest BCUT2D eigenvalue weighted by atomic mass is 32.2. The summed E-state index contributed by atoms with van der Waals surface area (Å²) in [6, 6.07) is 12.7. The van der Waals surface area contributed by atoms with Gasteiger partial charge in [0.25, 0.3) is 5.91 Å². The molecule has 0 bridgehead atoms. The molecule has 0 spiro atoms. The van der Waals surface area contributed by atoms with E-state index in [9.17, 15) is 9.90 Å². The first-order valence-corrected chi connectivity index (χ1v) is 9.64. The lowest BCUT2D eigenvalue weighted by Crippen LogP contribution is -2.27. The van der Waals surface area contributed by atoms with E-state index >= 15 is 0 Å². The van der Waals surface area contributed by atoms with E-state index in [1.165, 1.54) is 16.7 Å². The third kappa shape index (κ3) is 4.09. The maximum Gasteiger partial charge on any atom is 0.270 e. The van der Waals surface area contributed by atoms with E-state index in [0.29, 0.717) is 21.6 Å². The molecule has 7 heteroatoms. The van der Waals surface area contributed by atoms with Gasteiger partial charge in [0.1, 0.15) is 0 Å². The van der Waals surface area contributed by atoms with Crippen LogP contribution in [0.15, 0.2) is 47.4 Å². The van der Waals surface area contributed by atoms with Gasteiger partial charge in [-0.2, -0.15) is 0 Å². The standard InChI is InChI=1S/C20H20N2O3S2/c1-4-25-17-11-13(5-10-16(17)23)12-18-19(24)22(20(26)27-18)15-8-6-14(7-9-15)21(2)3/h5-12,23H,4H2,1-3H3/b18-12+. The number of carbonyl (C=O) groups is 1. The molecule has 3 rings (SSSR count). The molecule has 140 valence electrons. The minimum absolute atomic E-state index is 0.0718. The fourth-order valence-electron chi connectivity index (χ4n) is 2.63. The molecule has 2 aromatic carbocycles. The molecule has 0 saturated carbocycles. The zero-order valence-electron chi connectivity index (χ0n) is 15.3. The molecule has 27 heavy (non-hydrogen) atoms. The van der Waals surface area contributed by atoms with Gasteiger partial charge in [-0.25, -0.2) is 0 Å². The van der Waals surface area contributed by atoms with E-state index in [1.54, 1.807) is 24.3 Å². The molecule has 1 fully saturated rings. The van der Waals surface area contributed by atoms with Crippen molar-refractivity contribution in [1.82, 2.24) is 0 Å². The molecule has 1 amide bonds. The van der Waals surface area contributed by atoms with Gasteiger partial charge in [0.05, 0.1) is 17.2 Å². The van der Waals surface area contributed by atoms with Gasteiger partial charge in [-0.15, -0.1) is 0 Å². The number of aromatic hydroxyl groups is 1. The van der Waals surface area contributed by atoms with Crippen molar-refractivity contribution in [2.24, 2.45) is 0 Å². The molecule has 1 aliphatic rings. The van der Waals surface area contributed by atoms with Crippen molar-refractivity contribution in [2.75, 3.05) is 30.5 Å². The molecule has 0 aliphatic carbocycles. The van der Waals surface area contributed by atoms with Crippen molar-refractivity contribution in [1.29, 1.82) is 0 Å². The van der Waals surface area contributed by atoms with Crippen LogP contribution in [0.1, 0.15) is 12.5 Å². The third-order valence-electron chi connectivity index (χ3n) is 4.00. The van der Waals surface area contributed by atoms with E-state index in [4.69, 9.17) is 17.0 Å². The average Bonchev–Trinajstić information content (AvgIpc) is 2.91. The Balaban J connectivity index is 1.87. The van der Waals surface area contributed by atoms with Crippen LogP contribution in [0.25, 0.3) is 6.08 Å². The predicted molar refractivity (Wildman–Crippen MR) is 116 cm³/mol. The number of benzene rings is 2. The van der Waals surface area contributed by atoms with Crippen molar-refractivity contribution >= 4 is 51.7 Å². The SMILES string of the molecule is CCOc1cc(/C=C2/SC(=S)N(c3ccc(N(C)C)cc3)C2=O)ccc1O. The Labute approximate surface area is 168 Å². The summed E-state index contributed by atoms with van der Waals surface area (Å²) in [5.41, 5.74) is 2.55. The maximum absolute atomic E-state index is 12.9. The Morgan fingerprint density at radius 2 is 1.93 bits per heavy atom. The molecule has 0 unspecified atom stereocenters. The van der Waals surface area contributed by atoms with Gasteiger partial charge < -0.3 is 14.7 Å². The first kappa shape index (κ1) is 19.3. The number of nitrogens with zero attached hydrogens (tertiary/aromatic N) is 2. The summed E-state index contributed by atoms with van der Waals surface area (Å²) in [6.45, 7) is 2.29. The number of hydrogen-bond donors (Lipinski definition) is 1. The summed E-state index contributed by atoms with van der Waals surface area (Å²) in [7, 11) is 3.93. The number of thioether (sulfide) groups is 1. The fraction of sp³-hybridized carbons (Fsp3) is 0.200. The van der Waals surface area contributed by atoms with Crippen LogP contribution in [0.5, 0.6) is 11.5 Å². The van der Waals surface area contributed by atoms with Gasteiger partial charge >= 0.3 is 0 Å². The van der Waals surface area contributed by atoms with Crippen molar-refractivity contribution in [3.05, 3.63) is 52.9 Å². The minimum Gasteiger partial charge on any atom is -0.504 e. The number of anilines is 2. The van der Waals surface area contributed by atoms with Crippen LogP contribution in [0.3, 0.4) is 0 Å². The zero-order valence-corrected chi connectivity index (χ0v) is 16.9. The second-order valence-electron chi connectivity index (χ2n) is 6.09. The van der Waals surface area contributed by atoms with E-state index in [0.717, 1.165) is 16.9 Å². The van der Waals surface area contributed by atoms with Crippen LogP contribution in [0.4, 0.5) is 11.4 Å². The summed E-state index contributed by atoms with van der Waals surface area (Å²) in [5, 5.41) is 9.82. The monoisotopic (exact) mass is 400 g/mol. The molecule has 1 N–H and O–H groups in total. The highest BCUT2D eigenvalue weighted by Crippen LogP contribution is 2.37. The van der Waals surface area contributed by atoms with Crippen LogP contribution < -0.4 is 14.5 Å². The van der Waals surface area contributed by atoms with Gasteiger partial charge in [-0.1, -0.05) is 30.0 Å². The number of ether oxygens (including phenoxy) is 1. The van der Waals surface area contributed by atoms with Crippen LogP contribution in [-0.4, -0.2) is 36.0 Å². The number of phenols is 1. The van der Waals surface area contributed by atoms with Gasteiger partial charge in [-0.05, 0) is 55.0 Å². The molecular formula is C20H20N2O3S2. The van der Waals surface area contributed by atoms with Gasteiger partial charge in [0.2, 0.25) is 0 Å². The van der Waals surface area contributed by atoms with Crippen LogP contribution in [0.2, 0.25) is 0 Å². The normalized spacial score (nSPS) is 15.5. The Morgan fingerprint density at radius 3 is 2.56 bits per heavy atom. The number of thiocarbonyl (C=S) groups is 1. The summed E-state index contributed by atoms with van der Waals surface area (Å²) in [4.78, 5) is 16.9. The number of rotatable bonds is 5. The first-order chi connectivity index (χ1) is 12.9. The summed E-state index contributed by atoms with van der Waals surface area (Å²) in [6.07, 6.45) is 1.76. The first-order valence-electron chi connectivity index (χ1n) is 8.42. The molecule has 0 aromatic heterocycles. The second kappa shape index (κ2) is 8.02. The van der Waals surface area contributed by atoms with E-state index in [1.807, 2.05) is 50.2 Å². The smallest absolute Gasteiger partial charge is 0.270 e. The largest absolute Gasteiger partial charge is 0.504 e. The molecule has 1 heterocycles. The predicted octanol–water partition coefficient (Wildman–Crippen LogP) is 4.26. The Hall–Kier alpha value is -2.51. The minimum atomic E-state index is -0.159. The molecular weight excluding hydrogens is 380 g/mol. The van der Waals surface area contributed by atoms with Crippen molar-refractivity contribution in [3.8, 4) is 11.5 Å². The Kier molecular flexibility index (Phi) is 5.72. The topological polar surface area (TPSA) is 53.0 Å². The lowest BCUT2D eigenvalue weighted by molar-refractivity contribution is -0.113. The van der Waals surface area contributed by atoms with Crippen LogP contribution in [0, 0.1) is 0 Å². The van der Waals surface area contributed by atoms with Gasteiger partial charge in [0.15, 0.2) is 15.8 Å². The maximum atomic E-state index is 12.9. The summed E-state index contributed by atoms with van der Waals surface area (Å²) >= 11 is 6.68. The van der Waals surface area contributed by atoms with Gasteiger partial charge in [0, 0.05) is 19.8 Å². The molecule has 5 nitrogen and oxygen atoms in total. The van der Waals surface area contributed by atoms with Crippen molar-refractivity contribution in [3.63, 3.8) is 0 Å². The lowest BCUT2D eigenvalue weighted by atomic mass is 10.2. The summed E-state index contributed by atoms with van der Waals surface area (Å²) < 4.78 is 5.89. The van der Waals surface area contributed by atoms with E-state index < -0.39 is 0 Å². The fourth-order valence-corrected chi connectivity index (χ4v) is 3.93. The average molecular weight is 401 g/mol. The number of amides is 1. The van der Waals surface area contributed by atoms with Crippen LogP contribution >= 0.6 is 24.0 Å². The van der Waals surface area contributed by atoms with E-state index in [-0.39, 0.29) is 11.7 Å². The molecule has 2 aromatic rings. The third-order valence-corrected chi connectivity index (χ3v) is 5.30. The quantitative estimate of drug-likeness (QED) is 0.598. The second-order valence-corrected chi connectivity index (χ2v) is 7.76. The molecule has 0 radical (unpaired) electrons. The highest BCUT2D eigenvalue weighted by Gasteiger charge is 2.33. The Bertz CT molecular complexity index is 908. The zero-order chi connectivity index (χ0) is 19.6. The van der Waals surface area contributed by atoms with Crippen molar-refractivity contribution < 1.29 is 14.6 Å². The van der Waals surface area contributed by atoms with Gasteiger partial charge in [-0.3, -0.25) is 9.69 Å². The van der Waals surface area contributed by atoms with Crippen LogP contribution in [-0.2, 0) is 4.79 Å².